The number of nitrogens with one attached hydrogen (secondary N) is 2. The summed E-state index contributed by atoms with van der Waals surface area (Å²) >= 11 is 0. The van der Waals surface area contributed by atoms with Crippen molar-refractivity contribution in [2.75, 3.05) is 44.8 Å². The minimum absolute atomic E-state index is 0.0444. The van der Waals surface area contributed by atoms with Crippen molar-refractivity contribution in [1.82, 2.24) is 24.4 Å². The van der Waals surface area contributed by atoms with Crippen LogP contribution in [0, 0.1) is 6.92 Å². The lowest BCUT2D eigenvalue weighted by Gasteiger charge is -2.27. The lowest BCUT2D eigenvalue weighted by atomic mass is 10.00. The number of pyridine rings is 2. The van der Waals surface area contributed by atoms with Gasteiger partial charge in [0.15, 0.2) is 0 Å². The van der Waals surface area contributed by atoms with E-state index >= 15 is 0 Å². The highest BCUT2D eigenvalue weighted by Gasteiger charge is 2.16. The SMILES string of the molecule is CCOC(=O)Nc1nc2c(-c3ccccn3)cc(-c3cc(C)n(CCN4CCOCC4)c(=O)c3)cc2[nH]1. The lowest BCUT2D eigenvalue weighted by Crippen LogP contribution is -2.39. The molecule has 5 rings (SSSR count). The molecule has 4 aromatic rings. The van der Waals surface area contributed by atoms with Crippen molar-refractivity contribution in [3.63, 3.8) is 0 Å². The molecule has 0 bridgehead atoms. The summed E-state index contributed by atoms with van der Waals surface area (Å²) in [5.41, 5.74) is 5.39. The van der Waals surface area contributed by atoms with E-state index in [4.69, 9.17) is 9.47 Å². The van der Waals surface area contributed by atoms with E-state index in [-0.39, 0.29) is 18.1 Å². The van der Waals surface area contributed by atoms with Crippen molar-refractivity contribution in [3.8, 4) is 22.4 Å². The number of benzene rings is 1. The topological polar surface area (TPSA) is 114 Å². The molecule has 1 amide bonds. The Kier molecular flexibility index (Phi) is 7.29. The number of aryl methyl sites for hydroxylation is 1. The van der Waals surface area contributed by atoms with Gasteiger partial charge in [-0.15, -0.1) is 0 Å². The largest absolute Gasteiger partial charge is 0.450 e. The first kappa shape index (κ1) is 24.7. The predicted octanol–water partition coefficient (Wildman–Crippen LogP) is 3.66. The van der Waals surface area contributed by atoms with Gasteiger partial charge in [0.1, 0.15) is 0 Å². The first-order valence-electron chi connectivity index (χ1n) is 12.4. The fourth-order valence-electron chi connectivity index (χ4n) is 4.57. The van der Waals surface area contributed by atoms with Gasteiger partial charge in [0, 0.05) is 49.7 Å². The summed E-state index contributed by atoms with van der Waals surface area (Å²) in [6, 6.07) is 13.3. The number of amides is 1. The van der Waals surface area contributed by atoms with Crippen molar-refractivity contribution in [2.45, 2.75) is 20.4 Å². The zero-order chi connectivity index (χ0) is 25.8. The van der Waals surface area contributed by atoms with Gasteiger partial charge in [0.05, 0.1) is 36.5 Å². The summed E-state index contributed by atoms with van der Waals surface area (Å²) in [5.74, 6) is 0.275. The number of morpholine rings is 1. The second kappa shape index (κ2) is 10.9. The minimum atomic E-state index is -0.586. The van der Waals surface area contributed by atoms with E-state index in [9.17, 15) is 9.59 Å². The number of rotatable bonds is 7. The number of hydrogen-bond acceptors (Lipinski definition) is 7. The third-order valence-electron chi connectivity index (χ3n) is 6.44. The number of fused-ring (bicyclic) bond motifs is 1. The number of imidazole rings is 1. The van der Waals surface area contributed by atoms with Gasteiger partial charge in [-0.2, -0.15) is 0 Å². The van der Waals surface area contributed by atoms with Crippen molar-refractivity contribution >= 4 is 23.1 Å². The van der Waals surface area contributed by atoms with Gasteiger partial charge in [-0.25, -0.2) is 9.78 Å². The van der Waals surface area contributed by atoms with Crippen LogP contribution in [-0.4, -0.2) is 70.0 Å². The van der Waals surface area contributed by atoms with E-state index in [0.717, 1.165) is 60.9 Å². The van der Waals surface area contributed by atoms with Gasteiger partial charge in [-0.1, -0.05) is 6.07 Å². The summed E-state index contributed by atoms with van der Waals surface area (Å²) < 4.78 is 12.2. The highest BCUT2D eigenvalue weighted by molar-refractivity contribution is 5.97. The molecule has 1 aliphatic rings. The average molecular weight is 503 g/mol. The predicted molar refractivity (Wildman–Crippen MR) is 142 cm³/mol. The Balaban J connectivity index is 1.51. The maximum Gasteiger partial charge on any atom is 0.413 e. The Labute approximate surface area is 214 Å². The number of carbonyl (C=O) groups excluding carboxylic acids is 1. The zero-order valence-electron chi connectivity index (χ0n) is 21.0. The van der Waals surface area contributed by atoms with Gasteiger partial charge < -0.3 is 19.0 Å². The summed E-state index contributed by atoms with van der Waals surface area (Å²) in [6.07, 6.45) is 1.13. The molecule has 10 nitrogen and oxygen atoms in total. The smallest absolute Gasteiger partial charge is 0.413 e. The summed E-state index contributed by atoms with van der Waals surface area (Å²) in [7, 11) is 0. The highest BCUT2D eigenvalue weighted by Crippen LogP contribution is 2.33. The molecule has 37 heavy (non-hydrogen) atoms. The fraction of sp³-hybridized carbons (Fsp3) is 0.333. The summed E-state index contributed by atoms with van der Waals surface area (Å²) in [6.45, 7) is 8.64. The van der Waals surface area contributed by atoms with Crippen LogP contribution in [0.15, 0.2) is 53.5 Å². The molecule has 0 atom stereocenters. The molecular formula is C27H30N6O4. The van der Waals surface area contributed by atoms with Crippen molar-refractivity contribution in [3.05, 3.63) is 64.7 Å². The van der Waals surface area contributed by atoms with Gasteiger partial charge in [-0.3, -0.25) is 20.0 Å². The van der Waals surface area contributed by atoms with Crippen LogP contribution in [0.25, 0.3) is 33.4 Å². The second-order valence-corrected chi connectivity index (χ2v) is 8.90. The number of H-pyrrole nitrogens is 1. The highest BCUT2D eigenvalue weighted by atomic mass is 16.5. The Morgan fingerprint density at radius 1 is 1.14 bits per heavy atom. The monoisotopic (exact) mass is 502 g/mol. The third-order valence-corrected chi connectivity index (χ3v) is 6.44. The van der Waals surface area contributed by atoms with E-state index in [0.29, 0.717) is 17.6 Å². The molecule has 3 aromatic heterocycles. The van der Waals surface area contributed by atoms with Crippen LogP contribution in [0.1, 0.15) is 12.6 Å². The molecular weight excluding hydrogens is 472 g/mol. The molecule has 1 fully saturated rings. The molecule has 0 saturated carbocycles. The van der Waals surface area contributed by atoms with Gasteiger partial charge >= 0.3 is 6.09 Å². The maximum atomic E-state index is 13.1. The van der Waals surface area contributed by atoms with Crippen molar-refractivity contribution in [1.29, 1.82) is 0 Å². The molecule has 192 valence electrons. The number of ether oxygens (including phenoxy) is 2. The zero-order valence-corrected chi connectivity index (χ0v) is 21.0. The van der Waals surface area contributed by atoms with Crippen LogP contribution in [0.5, 0.6) is 0 Å². The Morgan fingerprint density at radius 2 is 1.95 bits per heavy atom. The van der Waals surface area contributed by atoms with Gasteiger partial charge in [0.25, 0.3) is 5.56 Å². The average Bonchev–Trinajstić information content (AvgIpc) is 3.31. The molecule has 1 aliphatic heterocycles. The van der Waals surface area contributed by atoms with Crippen LogP contribution in [0.3, 0.4) is 0 Å². The molecule has 4 heterocycles. The molecule has 2 N–H and O–H groups in total. The molecule has 0 unspecified atom stereocenters. The second-order valence-electron chi connectivity index (χ2n) is 8.90. The Bertz CT molecular complexity index is 1460. The van der Waals surface area contributed by atoms with E-state index in [1.165, 1.54) is 0 Å². The van der Waals surface area contributed by atoms with Gasteiger partial charge in [-0.05, 0) is 55.3 Å². The van der Waals surface area contributed by atoms with Crippen LogP contribution < -0.4 is 10.9 Å². The number of nitrogens with zero attached hydrogens (tertiary/aromatic N) is 4. The van der Waals surface area contributed by atoms with Crippen LogP contribution in [-0.2, 0) is 16.0 Å². The number of aromatic amines is 1. The quantitative estimate of drug-likeness (QED) is 0.396. The molecule has 1 saturated heterocycles. The van der Waals surface area contributed by atoms with Crippen molar-refractivity contribution in [2.24, 2.45) is 0 Å². The van der Waals surface area contributed by atoms with E-state index in [2.05, 4.69) is 25.2 Å². The number of aromatic nitrogens is 4. The van der Waals surface area contributed by atoms with Crippen LogP contribution in [0.2, 0.25) is 0 Å². The third kappa shape index (κ3) is 5.55. The molecule has 0 spiro atoms. The molecule has 1 aromatic carbocycles. The minimum Gasteiger partial charge on any atom is -0.450 e. The van der Waals surface area contributed by atoms with E-state index < -0.39 is 6.09 Å². The Morgan fingerprint density at radius 3 is 2.68 bits per heavy atom. The fourth-order valence-corrected chi connectivity index (χ4v) is 4.57. The number of anilines is 1. The first-order chi connectivity index (χ1) is 18.0. The maximum absolute atomic E-state index is 13.1. The number of hydrogen-bond donors (Lipinski definition) is 2. The molecule has 0 aliphatic carbocycles. The summed E-state index contributed by atoms with van der Waals surface area (Å²) in [4.78, 5) is 39.6. The van der Waals surface area contributed by atoms with Gasteiger partial charge in [0.2, 0.25) is 5.95 Å². The summed E-state index contributed by atoms with van der Waals surface area (Å²) in [5, 5.41) is 2.62. The normalized spacial score (nSPS) is 14.1. The van der Waals surface area contributed by atoms with E-state index in [1.807, 2.05) is 47.9 Å². The first-order valence-corrected chi connectivity index (χ1v) is 12.4. The standard InChI is InChI=1S/C27H30N6O4/c1-3-37-27(35)31-26-29-23-16-20(15-21(25(23)30-26)22-6-4-5-7-28-22)19-14-18(2)33(24(34)17-19)9-8-32-10-12-36-13-11-32/h4-7,14-17H,3,8-13H2,1-2H3,(H2,29,30,31,35). The Hall–Kier alpha value is -4.02. The van der Waals surface area contributed by atoms with Crippen LogP contribution >= 0.6 is 0 Å². The lowest BCUT2D eigenvalue weighted by molar-refractivity contribution is 0.0362. The molecule has 0 radical (unpaired) electrons. The number of carbonyl (C=O) groups is 1. The van der Waals surface area contributed by atoms with E-state index in [1.54, 1.807) is 19.2 Å². The molecule has 10 heteroatoms. The van der Waals surface area contributed by atoms with Crippen molar-refractivity contribution < 1.29 is 14.3 Å². The van der Waals surface area contributed by atoms with Crippen LogP contribution in [0.4, 0.5) is 10.7 Å².